The number of rotatable bonds is 2. The zero-order valence-electron chi connectivity index (χ0n) is 6.80. The lowest BCUT2D eigenvalue weighted by molar-refractivity contribution is 0.0992. The van der Waals surface area contributed by atoms with Crippen molar-refractivity contribution in [1.29, 1.82) is 0 Å². The summed E-state index contributed by atoms with van der Waals surface area (Å²) in [7, 11) is 1.13. The summed E-state index contributed by atoms with van der Waals surface area (Å²) in [6.07, 6.45) is 1.03. The molecule has 0 saturated heterocycles. The molecule has 1 N–H and O–H groups in total. The number of alkyl halides is 3. The zero-order chi connectivity index (χ0) is 11.9. The van der Waals surface area contributed by atoms with Gasteiger partial charge in [0.05, 0.1) is 5.69 Å². The van der Waals surface area contributed by atoms with Crippen molar-refractivity contribution >= 4 is 60.3 Å². The second-order valence-corrected chi connectivity index (χ2v) is 7.36. The molecule has 0 spiro atoms. The quantitative estimate of drug-likeness (QED) is 0.518. The molecule has 1 aromatic heterocycles. The molecule has 4 nitrogen and oxygen atoms in total. The predicted octanol–water partition coefficient (Wildman–Crippen LogP) is 2.50. The van der Waals surface area contributed by atoms with Gasteiger partial charge in [-0.1, -0.05) is 34.8 Å². The van der Waals surface area contributed by atoms with Crippen molar-refractivity contribution < 1.29 is 13.2 Å². The van der Waals surface area contributed by atoms with Gasteiger partial charge in [0.25, 0.3) is 12.8 Å². The number of nitrogens with one attached hydrogen (secondary N) is 1. The Morgan fingerprint density at radius 2 is 1.87 bits per heavy atom. The molecule has 1 heterocycles. The van der Waals surface area contributed by atoms with E-state index >= 15 is 0 Å². The first-order valence-electron chi connectivity index (χ1n) is 3.37. The van der Waals surface area contributed by atoms with E-state index in [-0.39, 0.29) is 10.6 Å². The molecule has 0 unspecified atom stereocenters. The Hall–Kier alpha value is 0.0600. The Bertz CT molecular complexity index is 487. The lowest BCUT2D eigenvalue weighted by atomic mass is 10.3. The topological polar surface area (TPSA) is 67.0 Å². The van der Waals surface area contributed by atoms with Gasteiger partial charge in [-0.05, 0) is 6.07 Å². The van der Waals surface area contributed by atoms with Crippen LogP contribution in [0, 0.1) is 0 Å². The molecule has 0 aromatic carbocycles. The van der Waals surface area contributed by atoms with Crippen LogP contribution < -0.4 is 0 Å². The van der Waals surface area contributed by atoms with Crippen molar-refractivity contribution in [1.82, 2.24) is 4.98 Å². The highest BCUT2D eigenvalue weighted by atomic mass is 35.7. The van der Waals surface area contributed by atoms with Gasteiger partial charge >= 0.3 is 0 Å². The van der Waals surface area contributed by atoms with Crippen molar-refractivity contribution in [3.05, 3.63) is 18.0 Å². The van der Waals surface area contributed by atoms with Gasteiger partial charge in [0.15, 0.2) is 0 Å². The maximum Gasteiger partial charge on any atom is 0.262 e. The van der Waals surface area contributed by atoms with E-state index in [2.05, 4.69) is 4.98 Å². The number of carbonyl (C=O) groups is 1. The molecule has 84 valence electrons. The molecule has 0 radical (unpaired) electrons. The third-order valence-electron chi connectivity index (χ3n) is 1.44. The van der Waals surface area contributed by atoms with Crippen LogP contribution in [0.5, 0.6) is 0 Å². The minimum Gasteiger partial charge on any atom is -0.357 e. The average Bonchev–Trinajstić information content (AvgIpc) is 2.47. The summed E-state index contributed by atoms with van der Waals surface area (Å²) in [6, 6.07) is 0.993. The van der Waals surface area contributed by atoms with E-state index < -0.39 is 18.6 Å². The van der Waals surface area contributed by atoms with Crippen LogP contribution in [0.4, 0.5) is 0 Å². The number of ketones is 1. The van der Waals surface area contributed by atoms with Gasteiger partial charge in [-0.15, -0.1) is 0 Å². The highest BCUT2D eigenvalue weighted by molar-refractivity contribution is 8.13. The Morgan fingerprint density at radius 1 is 1.33 bits per heavy atom. The van der Waals surface area contributed by atoms with E-state index in [1.54, 1.807) is 0 Å². The molecule has 0 saturated carbocycles. The fourth-order valence-electron chi connectivity index (χ4n) is 0.799. The molecule has 1 aromatic rings. The van der Waals surface area contributed by atoms with E-state index in [0.29, 0.717) is 0 Å². The lowest BCUT2D eigenvalue weighted by Crippen LogP contribution is -2.19. The third kappa shape index (κ3) is 3.26. The lowest BCUT2D eigenvalue weighted by Gasteiger charge is -2.06. The van der Waals surface area contributed by atoms with Crippen LogP contribution >= 0.6 is 45.5 Å². The van der Waals surface area contributed by atoms with Crippen molar-refractivity contribution in [2.75, 3.05) is 0 Å². The molecule has 15 heavy (non-hydrogen) atoms. The van der Waals surface area contributed by atoms with Gasteiger partial charge in [-0.2, -0.15) is 0 Å². The van der Waals surface area contributed by atoms with Crippen LogP contribution in [0.3, 0.4) is 0 Å². The van der Waals surface area contributed by atoms with E-state index in [0.717, 1.165) is 12.3 Å². The number of H-pyrrole nitrogens is 1. The molecule has 0 atom stereocenters. The van der Waals surface area contributed by atoms with E-state index in [1.807, 2.05) is 0 Å². The summed E-state index contributed by atoms with van der Waals surface area (Å²) in [4.78, 5) is 13.4. The van der Waals surface area contributed by atoms with Crippen molar-refractivity contribution in [2.24, 2.45) is 0 Å². The van der Waals surface area contributed by atoms with Gasteiger partial charge in [0.1, 0.15) is 4.90 Å². The molecule has 0 amide bonds. The van der Waals surface area contributed by atoms with Gasteiger partial charge in [0, 0.05) is 16.9 Å². The standard InChI is InChI=1S/C6H3Cl4NO3S/c7-6(8,9)5(12)4-1-3(2-11-4)15(10,13)14/h1-2,11H. The molecule has 0 aliphatic heterocycles. The third-order valence-corrected chi connectivity index (χ3v) is 3.29. The van der Waals surface area contributed by atoms with Crippen molar-refractivity contribution in [2.45, 2.75) is 8.69 Å². The maximum atomic E-state index is 11.3. The normalized spacial score (nSPS) is 12.8. The van der Waals surface area contributed by atoms with Crippen LogP contribution in [-0.4, -0.2) is 23.0 Å². The summed E-state index contributed by atoms with van der Waals surface area (Å²) in [6.45, 7) is 0. The van der Waals surface area contributed by atoms with Crippen LogP contribution in [-0.2, 0) is 9.05 Å². The first kappa shape index (κ1) is 13.1. The number of aromatic amines is 1. The zero-order valence-corrected chi connectivity index (χ0v) is 10.6. The number of hydrogen-bond acceptors (Lipinski definition) is 3. The summed E-state index contributed by atoms with van der Waals surface area (Å²) in [5.41, 5.74) is -0.144. The second-order valence-electron chi connectivity index (χ2n) is 2.51. The van der Waals surface area contributed by atoms with Crippen molar-refractivity contribution in [3.63, 3.8) is 0 Å². The number of halogens is 4. The fourth-order valence-corrected chi connectivity index (χ4v) is 1.83. The second kappa shape index (κ2) is 4.14. The van der Waals surface area contributed by atoms with Gasteiger partial charge in [-0.3, -0.25) is 4.79 Å². The van der Waals surface area contributed by atoms with Crippen LogP contribution in [0.1, 0.15) is 10.5 Å². The Kier molecular flexibility index (Phi) is 3.63. The van der Waals surface area contributed by atoms with Gasteiger partial charge in [0.2, 0.25) is 5.78 Å². The van der Waals surface area contributed by atoms with Crippen LogP contribution in [0.2, 0.25) is 0 Å². The molecule has 1 rings (SSSR count). The average molecular weight is 311 g/mol. The summed E-state index contributed by atoms with van der Waals surface area (Å²) >= 11 is 16.0. The molecule has 0 aliphatic carbocycles. The molecule has 9 heteroatoms. The predicted molar refractivity (Wildman–Crippen MR) is 58.5 cm³/mol. The smallest absolute Gasteiger partial charge is 0.262 e. The van der Waals surface area contributed by atoms with Crippen LogP contribution in [0.25, 0.3) is 0 Å². The molecular formula is C6H3Cl4NO3S. The molecular weight excluding hydrogens is 308 g/mol. The summed E-state index contributed by atoms with van der Waals surface area (Å²) in [5, 5.41) is 0. The Morgan fingerprint density at radius 3 is 2.20 bits per heavy atom. The minimum absolute atomic E-state index is 0.144. The summed E-state index contributed by atoms with van der Waals surface area (Å²) in [5.74, 6) is -0.862. The molecule has 0 aliphatic rings. The minimum atomic E-state index is -3.90. The SMILES string of the molecule is O=C(c1cc(S(=O)(=O)Cl)c[nH]1)C(Cl)(Cl)Cl. The first-order chi connectivity index (χ1) is 6.62. The largest absolute Gasteiger partial charge is 0.357 e. The number of carbonyl (C=O) groups excluding carboxylic acids is 1. The first-order valence-corrected chi connectivity index (χ1v) is 6.81. The number of aromatic nitrogens is 1. The van der Waals surface area contributed by atoms with Crippen LogP contribution in [0.15, 0.2) is 17.2 Å². The number of hydrogen-bond donors (Lipinski definition) is 1. The Labute approximate surface area is 105 Å². The molecule has 0 bridgehead atoms. The highest BCUT2D eigenvalue weighted by Gasteiger charge is 2.33. The Balaban J connectivity index is 3.12. The fraction of sp³-hybridized carbons (Fsp3) is 0.167. The van der Waals surface area contributed by atoms with E-state index in [9.17, 15) is 13.2 Å². The number of Topliss-reactive ketones (excluding diaryl/α,β-unsaturated/α-hetero) is 1. The van der Waals surface area contributed by atoms with E-state index in [1.165, 1.54) is 0 Å². The maximum absolute atomic E-state index is 11.3. The van der Waals surface area contributed by atoms with Gasteiger partial charge in [-0.25, -0.2) is 8.42 Å². The molecule has 0 fully saturated rings. The van der Waals surface area contributed by atoms with E-state index in [4.69, 9.17) is 45.5 Å². The highest BCUT2D eigenvalue weighted by Crippen LogP contribution is 2.30. The van der Waals surface area contributed by atoms with Gasteiger partial charge < -0.3 is 4.98 Å². The van der Waals surface area contributed by atoms with Crippen molar-refractivity contribution in [3.8, 4) is 0 Å². The summed E-state index contributed by atoms with van der Waals surface area (Å²) < 4.78 is 19.6. The monoisotopic (exact) mass is 309 g/mol.